The number of furan rings is 2. The van der Waals surface area contributed by atoms with Gasteiger partial charge in [-0.3, -0.25) is 4.99 Å². The maximum absolute atomic E-state index is 5.67. The molecule has 0 radical (unpaired) electrons. The monoisotopic (exact) mass is 445 g/mol. The number of hydrogen-bond acceptors (Lipinski definition) is 3. The van der Waals surface area contributed by atoms with Crippen molar-refractivity contribution in [3.8, 4) is 0 Å². The van der Waals surface area contributed by atoms with E-state index in [1.54, 1.807) is 6.26 Å². The van der Waals surface area contributed by atoms with E-state index in [0.29, 0.717) is 0 Å². The van der Waals surface area contributed by atoms with E-state index in [1.165, 1.54) is 0 Å². The molecule has 0 aliphatic heterocycles. The number of aliphatic imine (C=N–C) groups is 1. The van der Waals surface area contributed by atoms with E-state index in [0.717, 1.165) is 55.6 Å². The lowest BCUT2D eigenvalue weighted by Gasteiger charge is -2.16. The van der Waals surface area contributed by atoms with Crippen LogP contribution in [0.15, 0.2) is 44.4 Å². The molecule has 6 heteroatoms. The Balaban J connectivity index is 0.00000288. The van der Waals surface area contributed by atoms with Gasteiger partial charge in [0.15, 0.2) is 5.96 Å². The fourth-order valence-electron chi connectivity index (χ4n) is 2.22. The van der Waals surface area contributed by atoms with Crippen molar-refractivity contribution in [2.75, 3.05) is 13.1 Å². The lowest BCUT2D eigenvalue weighted by molar-refractivity contribution is 0.440. The minimum atomic E-state index is 0. The molecule has 2 heterocycles. The van der Waals surface area contributed by atoms with Crippen LogP contribution in [-0.2, 0) is 6.42 Å². The second-order valence-corrected chi connectivity index (χ2v) is 5.65. The van der Waals surface area contributed by atoms with E-state index in [1.807, 2.05) is 31.2 Å². The zero-order valence-electron chi connectivity index (χ0n) is 14.7. The van der Waals surface area contributed by atoms with Crippen LogP contribution in [0.25, 0.3) is 0 Å². The van der Waals surface area contributed by atoms with Gasteiger partial charge < -0.3 is 19.5 Å². The molecule has 0 aromatic carbocycles. The SMILES string of the molecule is CCCCN=C(NCCc1ccco1)NC(C)c1ccc(C)o1.I. The fraction of sp³-hybridized carbons (Fsp3) is 0.500. The molecule has 1 unspecified atom stereocenters. The van der Waals surface area contributed by atoms with Crippen LogP contribution in [0.1, 0.15) is 50.0 Å². The van der Waals surface area contributed by atoms with Gasteiger partial charge in [-0.2, -0.15) is 0 Å². The molecule has 5 nitrogen and oxygen atoms in total. The van der Waals surface area contributed by atoms with Crippen molar-refractivity contribution < 1.29 is 8.83 Å². The summed E-state index contributed by atoms with van der Waals surface area (Å²) >= 11 is 0. The minimum absolute atomic E-state index is 0. The minimum Gasteiger partial charge on any atom is -0.469 e. The third-order valence-corrected chi connectivity index (χ3v) is 3.57. The first-order valence-corrected chi connectivity index (χ1v) is 8.32. The first kappa shape index (κ1) is 20.6. The number of unbranched alkanes of at least 4 members (excludes halogenated alkanes) is 1. The summed E-state index contributed by atoms with van der Waals surface area (Å²) in [5.74, 6) is 3.62. The number of nitrogens with zero attached hydrogens (tertiary/aromatic N) is 1. The lowest BCUT2D eigenvalue weighted by atomic mass is 10.2. The number of guanidine groups is 1. The molecule has 2 aromatic rings. The predicted octanol–water partition coefficient (Wildman–Crippen LogP) is 4.44. The highest BCUT2D eigenvalue weighted by molar-refractivity contribution is 14.0. The molecule has 2 aromatic heterocycles. The van der Waals surface area contributed by atoms with E-state index < -0.39 is 0 Å². The third-order valence-electron chi connectivity index (χ3n) is 3.57. The van der Waals surface area contributed by atoms with Crippen molar-refractivity contribution in [3.05, 3.63) is 47.8 Å². The van der Waals surface area contributed by atoms with Gasteiger partial charge in [0.1, 0.15) is 17.3 Å². The summed E-state index contributed by atoms with van der Waals surface area (Å²) in [5.41, 5.74) is 0. The Morgan fingerprint density at radius 2 is 2.12 bits per heavy atom. The van der Waals surface area contributed by atoms with E-state index >= 15 is 0 Å². The average molecular weight is 445 g/mol. The molecule has 0 saturated heterocycles. The van der Waals surface area contributed by atoms with Crippen molar-refractivity contribution in [3.63, 3.8) is 0 Å². The van der Waals surface area contributed by atoms with Gasteiger partial charge in [0.05, 0.1) is 12.3 Å². The van der Waals surface area contributed by atoms with Crippen molar-refractivity contribution in [1.29, 1.82) is 0 Å². The molecule has 0 spiro atoms. The van der Waals surface area contributed by atoms with Crippen LogP contribution < -0.4 is 10.6 Å². The standard InChI is InChI=1S/C18H27N3O2.HI/c1-4-5-11-19-18(20-12-10-16-7-6-13-22-16)21-15(3)17-9-8-14(2)23-17;/h6-9,13,15H,4-5,10-12H2,1-3H3,(H2,19,20,21);1H. The van der Waals surface area contributed by atoms with Crippen molar-refractivity contribution in [1.82, 2.24) is 10.6 Å². The quantitative estimate of drug-likeness (QED) is 0.273. The molecule has 0 aliphatic carbocycles. The highest BCUT2D eigenvalue weighted by atomic mass is 127. The lowest BCUT2D eigenvalue weighted by Crippen LogP contribution is -2.39. The molecule has 0 bridgehead atoms. The second-order valence-electron chi connectivity index (χ2n) is 5.65. The molecule has 0 amide bonds. The molecule has 2 rings (SSSR count). The Morgan fingerprint density at radius 3 is 2.75 bits per heavy atom. The maximum atomic E-state index is 5.67. The molecule has 0 saturated carbocycles. The number of nitrogens with one attached hydrogen (secondary N) is 2. The first-order valence-electron chi connectivity index (χ1n) is 8.32. The molecule has 0 fully saturated rings. The molecule has 0 aliphatic rings. The van der Waals surface area contributed by atoms with Crippen LogP contribution in [0.2, 0.25) is 0 Å². The van der Waals surface area contributed by atoms with E-state index in [9.17, 15) is 0 Å². The normalized spacial score (nSPS) is 12.5. The molecule has 134 valence electrons. The Kier molecular flexibility index (Phi) is 9.59. The van der Waals surface area contributed by atoms with Crippen LogP contribution in [0.5, 0.6) is 0 Å². The average Bonchev–Trinajstić information content (AvgIpc) is 3.19. The Morgan fingerprint density at radius 1 is 1.29 bits per heavy atom. The topological polar surface area (TPSA) is 62.7 Å². The van der Waals surface area contributed by atoms with Crippen molar-refractivity contribution in [2.45, 2.75) is 46.1 Å². The predicted molar refractivity (Wildman–Crippen MR) is 108 cm³/mol. The number of aryl methyl sites for hydroxylation is 1. The van der Waals surface area contributed by atoms with Gasteiger partial charge in [0.25, 0.3) is 0 Å². The van der Waals surface area contributed by atoms with Gasteiger partial charge in [-0.25, -0.2) is 0 Å². The summed E-state index contributed by atoms with van der Waals surface area (Å²) in [6.07, 6.45) is 4.75. The van der Waals surface area contributed by atoms with Crippen LogP contribution in [-0.4, -0.2) is 19.0 Å². The second kappa shape index (κ2) is 11.2. The summed E-state index contributed by atoms with van der Waals surface area (Å²) in [6.45, 7) is 7.78. The number of hydrogen-bond donors (Lipinski definition) is 2. The van der Waals surface area contributed by atoms with E-state index in [2.05, 4.69) is 29.5 Å². The first-order chi connectivity index (χ1) is 11.2. The molecule has 1 atom stereocenters. The van der Waals surface area contributed by atoms with Crippen LogP contribution in [0.3, 0.4) is 0 Å². The molecule has 24 heavy (non-hydrogen) atoms. The summed E-state index contributed by atoms with van der Waals surface area (Å²) in [5, 5.41) is 6.76. The van der Waals surface area contributed by atoms with Crippen molar-refractivity contribution >= 4 is 29.9 Å². The van der Waals surface area contributed by atoms with Crippen LogP contribution in [0, 0.1) is 6.92 Å². The smallest absolute Gasteiger partial charge is 0.191 e. The van der Waals surface area contributed by atoms with E-state index in [4.69, 9.17) is 8.83 Å². The molecule has 2 N–H and O–H groups in total. The van der Waals surface area contributed by atoms with Gasteiger partial charge >= 0.3 is 0 Å². The number of halogens is 1. The zero-order chi connectivity index (χ0) is 16.5. The highest BCUT2D eigenvalue weighted by Crippen LogP contribution is 2.15. The Bertz CT molecular complexity index is 593. The van der Waals surface area contributed by atoms with Crippen LogP contribution >= 0.6 is 24.0 Å². The Labute approximate surface area is 161 Å². The highest BCUT2D eigenvalue weighted by Gasteiger charge is 2.11. The third kappa shape index (κ3) is 6.98. The van der Waals surface area contributed by atoms with Gasteiger partial charge in [0, 0.05) is 19.5 Å². The number of rotatable bonds is 8. The van der Waals surface area contributed by atoms with Gasteiger partial charge in [-0.15, -0.1) is 24.0 Å². The summed E-state index contributed by atoms with van der Waals surface area (Å²) in [4.78, 5) is 4.63. The summed E-state index contributed by atoms with van der Waals surface area (Å²) in [7, 11) is 0. The van der Waals surface area contributed by atoms with Crippen LogP contribution in [0.4, 0.5) is 0 Å². The molecular formula is C18H28IN3O2. The maximum Gasteiger partial charge on any atom is 0.191 e. The summed E-state index contributed by atoms with van der Waals surface area (Å²) in [6, 6.07) is 7.94. The Hall–Kier alpha value is -1.44. The van der Waals surface area contributed by atoms with E-state index in [-0.39, 0.29) is 30.0 Å². The van der Waals surface area contributed by atoms with Gasteiger partial charge in [-0.1, -0.05) is 13.3 Å². The zero-order valence-corrected chi connectivity index (χ0v) is 17.0. The largest absolute Gasteiger partial charge is 0.469 e. The van der Waals surface area contributed by atoms with Crippen molar-refractivity contribution in [2.24, 2.45) is 4.99 Å². The molecular weight excluding hydrogens is 417 g/mol. The van der Waals surface area contributed by atoms with Gasteiger partial charge in [-0.05, 0) is 44.5 Å². The fourth-order valence-corrected chi connectivity index (χ4v) is 2.22. The van der Waals surface area contributed by atoms with Gasteiger partial charge in [0.2, 0.25) is 0 Å². The summed E-state index contributed by atoms with van der Waals surface area (Å²) < 4.78 is 11.0.